The van der Waals surface area contributed by atoms with Gasteiger partial charge >= 0.3 is 0 Å². The van der Waals surface area contributed by atoms with E-state index in [4.69, 9.17) is 9.47 Å². The van der Waals surface area contributed by atoms with Crippen molar-refractivity contribution in [2.24, 2.45) is 0 Å². The highest BCUT2D eigenvalue weighted by Gasteiger charge is 2.38. The van der Waals surface area contributed by atoms with Gasteiger partial charge in [0.25, 0.3) is 5.91 Å². The van der Waals surface area contributed by atoms with E-state index in [-0.39, 0.29) is 11.8 Å². The van der Waals surface area contributed by atoms with Crippen LogP contribution in [0.15, 0.2) is 48.5 Å². The van der Waals surface area contributed by atoms with E-state index in [1.807, 2.05) is 37.3 Å². The second-order valence-electron chi connectivity index (χ2n) is 5.55. The Morgan fingerprint density at radius 1 is 1.12 bits per heavy atom. The summed E-state index contributed by atoms with van der Waals surface area (Å²) in [5, 5.41) is 0. The van der Waals surface area contributed by atoms with Crippen LogP contribution in [0.25, 0.3) is 11.3 Å². The summed E-state index contributed by atoms with van der Waals surface area (Å²) in [5.41, 5.74) is 2.33. The smallest absolute Gasteiger partial charge is 0.269 e. The van der Waals surface area contributed by atoms with Gasteiger partial charge < -0.3 is 9.47 Å². The lowest BCUT2D eigenvalue weighted by atomic mass is 10.0. The Labute approximate surface area is 146 Å². The summed E-state index contributed by atoms with van der Waals surface area (Å²) >= 11 is 0. The minimum Gasteiger partial charge on any atom is -0.497 e. The monoisotopic (exact) mass is 337 g/mol. The molecule has 0 aliphatic carbocycles. The topological polar surface area (TPSA) is 55.8 Å². The zero-order valence-corrected chi connectivity index (χ0v) is 14.4. The van der Waals surface area contributed by atoms with Gasteiger partial charge in [-0.15, -0.1) is 0 Å². The summed E-state index contributed by atoms with van der Waals surface area (Å²) in [6.07, 6.45) is 0. The van der Waals surface area contributed by atoms with Gasteiger partial charge in [-0.3, -0.25) is 9.59 Å². The van der Waals surface area contributed by atoms with Gasteiger partial charge in [0.1, 0.15) is 11.5 Å². The van der Waals surface area contributed by atoms with Crippen molar-refractivity contribution < 1.29 is 19.1 Å². The third kappa shape index (κ3) is 2.89. The quantitative estimate of drug-likeness (QED) is 0.633. The molecule has 0 saturated heterocycles. The average Bonchev–Trinajstić information content (AvgIpc) is 2.91. The lowest BCUT2D eigenvalue weighted by Gasteiger charge is -2.13. The van der Waals surface area contributed by atoms with E-state index in [2.05, 4.69) is 0 Å². The molecule has 0 atom stereocenters. The minimum atomic E-state index is -0.386. The molecule has 0 aromatic heterocycles. The van der Waals surface area contributed by atoms with E-state index in [0.717, 1.165) is 5.56 Å². The van der Waals surface area contributed by atoms with Gasteiger partial charge in [-0.05, 0) is 25.1 Å². The van der Waals surface area contributed by atoms with Gasteiger partial charge in [0.15, 0.2) is 0 Å². The molecule has 0 bridgehead atoms. The van der Waals surface area contributed by atoms with Crippen molar-refractivity contribution >= 4 is 28.8 Å². The third-order valence-electron chi connectivity index (χ3n) is 4.00. The van der Waals surface area contributed by atoms with Gasteiger partial charge in [0, 0.05) is 18.1 Å². The van der Waals surface area contributed by atoms with E-state index in [9.17, 15) is 9.59 Å². The average molecular weight is 337 g/mol. The Balaban J connectivity index is 2.30. The lowest BCUT2D eigenvalue weighted by Crippen LogP contribution is -2.31. The first-order valence-corrected chi connectivity index (χ1v) is 8.04. The van der Waals surface area contributed by atoms with Crippen LogP contribution >= 0.6 is 0 Å². The highest BCUT2D eigenvalue weighted by Crippen LogP contribution is 2.42. The fourth-order valence-corrected chi connectivity index (χ4v) is 2.94. The Morgan fingerprint density at radius 2 is 1.84 bits per heavy atom. The molecule has 2 aromatic carbocycles. The van der Waals surface area contributed by atoms with Crippen molar-refractivity contribution in [1.29, 1.82) is 0 Å². The zero-order valence-electron chi connectivity index (χ0n) is 14.4. The third-order valence-corrected chi connectivity index (χ3v) is 4.00. The molecule has 1 aliphatic heterocycles. The first kappa shape index (κ1) is 16.8. The second kappa shape index (κ2) is 6.81. The van der Waals surface area contributed by atoms with Crippen LogP contribution < -0.4 is 9.64 Å². The molecule has 3 rings (SSSR count). The normalized spacial score (nSPS) is 15.0. The van der Waals surface area contributed by atoms with Gasteiger partial charge in [-0.1, -0.05) is 30.3 Å². The molecule has 0 spiro atoms. The predicted octanol–water partition coefficient (Wildman–Crippen LogP) is 3.49. The molecule has 5 heteroatoms. The molecule has 0 N–H and O–H groups in total. The number of carbonyl (C=O) groups is 2. The molecule has 2 aromatic rings. The first-order valence-electron chi connectivity index (χ1n) is 8.04. The maximum Gasteiger partial charge on any atom is 0.269 e. The number of imide groups is 1. The number of nitrogens with zero attached hydrogens (tertiary/aromatic N) is 1. The largest absolute Gasteiger partial charge is 0.497 e. The second-order valence-corrected chi connectivity index (χ2v) is 5.55. The Kier molecular flexibility index (Phi) is 4.57. The van der Waals surface area contributed by atoms with Crippen LogP contribution in [0.5, 0.6) is 5.75 Å². The van der Waals surface area contributed by atoms with Gasteiger partial charge in [-0.2, -0.15) is 0 Å². The van der Waals surface area contributed by atoms with Crippen molar-refractivity contribution in [2.45, 2.75) is 13.8 Å². The Bertz CT molecular complexity index is 855. The molecular weight excluding hydrogens is 318 g/mol. The summed E-state index contributed by atoms with van der Waals surface area (Å²) in [6.45, 7) is 3.64. The van der Waals surface area contributed by atoms with Crippen molar-refractivity contribution in [1.82, 2.24) is 0 Å². The van der Waals surface area contributed by atoms with E-state index in [1.165, 1.54) is 11.8 Å². The zero-order chi connectivity index (χ0) is 18.0. The molecular formula is C20H19NO4. The number of hydrogen-bond acceptors (Lipinski definition) is 4. The maximum absolute atomic E-state index is 13.0. The number of amides is 2. The number of carbonyl (C=O) groups excluding carboxylic acids is 2. The van der Waals surface area contributed by atoms with Crippen molar-refractivity contribution in [3.05, 3.63) is 59.7 Å². The molecule has 128 valence electrons. The molecule has 0 fully saturated rings. The summed E-state index contributed by atoms with van der Waals surface area (Å²) in [4.78, 5) is 26.2. The van der Waals surface area contributed by atoms with Gasteiger partial charge in [0.2, 0.25) is 5.91 Å². The van der Waals surface area contributed by atoms with Crippen LogP contribution in [0, 0.1) is 0 Å². The standard InChI is InChI=1S/C20H19NO4/c1-4-25-19(14-8-6-5-7-9-14)18-16-12-15(24-3)10-11-17(16)21(13(2)22)20(18)23/h5-12H,4H2,1-3H3. The van der Waals surface area contributed by atoms with Crippen LogP contribution in [0.2, 0.25) is 0 Å². The molecule has 0 unspecified atom stereocenters. The molecule has 2 amide bonds. The number of anilines is 1. The van der Waals surface area contributed by atoms with E-state index in [1.54, 1.807) is 25.3 Å². The van der Waals surface area contributed by atoms with Crippen LogP contribution in [0.1, 0.15) is 25.0 Å². The van der Waals surface area contributed by atoms with Crippen LogP contribution in [0.4, 0.5) is 5.69 Å². The highest BCUT2D eigenvalue weighted by atomic mass is 16.5. The summed E-state index contributed by atoms with van der Waals surface area (Å²) in [6, 6.07) is 14.6. The van der Waals surface area contributed by atoms with Gasteiger partial charge in [-0.25, -0.2) is 4.90 Å². The Morgan fingerprint density at radius 3 is 2.44 bits per heavy atom. The van der Waals surface area contributed by atoms with Crippen LogP contribution in [0.3, 0.4) is 0 Å². The van der Waals surface area contributed by atoms with E-state index >= 15 is 0 Å². The summed E-state index contributed by atoms with van der Waals surface area (Å²) in [5.74, 6) is 0.350. The summed E-state index contributed by atoms with van der Waals surface area (Å²) in [7, 11) is 1.56. The fourth-order valence-electron chi connectivity index (χ4n) is 2.94. The van der Waals surface area contributed by atoms with E-state index < -0.39 is 0 Å². The first-order chi connectivity index (χ1) is 12.1. The van der Waals surface area contributed by atoms with Crippen LogP contribution in [-0.4, -0.2) is 25.5 Å². The van der Waals surface area contributed by atoms with E-state index in [0.29, 0.717) is 34.9 Å². The highest BCUT2D eigenvalue weighted by molar-refractivity contribution is 6.42. The summed E-state index contributed by atoms with van der Waals surface area (Å²) < 4.78 is 11.1. The Hall–Kier alpha value is -3.08. The number of ether oxygens (including phenoxy) is 2. The minimum absolute atomic E-state index is 0.338. The van der Waals surface area contributed by atoms with Crippen molar-refractivity contribution in [3.8, 4) is 5.75 Å². The van der Waals surface area contributed by atoms with Gasteiger partial charge in [0.05, 0.1) is 25.0 Å². The molecule has 0 radical (unpaired) electrons. The maximum atomic E-state index is 13.0. The number of methoxy groups -OCH3 is 1. The lowest BCUT2D eigenvalue weighted by molar-refractivity contribution is -0.122. The number of hydrogen-bond donors (Lipinski definition) is 0. The van der Waals surface area contributed by atoms with Crippen molar-refractivity contribution in [2.75, 3.05) is 18.6 Å². The number of rotatable bonds is 4. The number of benzene rings is 2. The van der Waals surface area contributed by atoms with Crippen LogP contribution in [-0.2, 0) is 14.3 Å². The molecule has 1 heterocycles. The molecule has 0 saturated carbocycles. The number of fused-ring (bicyclic) bond motifs is 1. The molecule has 1 aliphatic rings. The fraction of sp³-hybridized carbons (Fsp3) is 0.200. The predicted molar refractivity (Wildman–Crippen MR) is 96.0 cm³/mol. The molecule has 5 nitrogen and oxygen atoms in total. The molecule has 25 heavy (non-hydrogen) atoms. The van der Waals surface area contributed by atoms with Crippen molar-refractivity contribution in [3.63, 3.8) is 0 Å². The SMILES string of the molecule is CCOC(=C1C(=O)N(C(C)=O)c2ccc(OC)cc21)c1ccccc1.